The number of nitrogens with zero attached hydrogens (tertiary/aromatic N) is 4. The van der Waals surface area contributed by atoms with E-state index in [1.165, 1.54) is 45.2 Å². The Balaban J connectivity index is 1.82. The molecule has 1 aliphatic heterocycles. The van der Waals surface area contributed by atoms with Gasteiger partial charge in [0.25, 0.3) is 0 Å². The average Bonchev–Trinajstić information content (AvgIpc) is 3.23. The minimum atomic E-state index is -0.891. The Hall–Kier alpha value is -2.73. The normalized spacial score (nSPS) is 23.3. The number of carbonyl (C=O) groups excluding carboxylic acids is 3. The molecule has 2 aromatic rings. The van der Waals surface area contributed by atoms with Crippen molar-refractivity contribution in [3.05, 3.63) is 18.9 Å². The van der Waals surface area contributed by atoms with Crippen molar-refractivity contribution in [2.45, 2.75) is 45.3 Å². The molecule has 0 radical (unpaired) electrons. The lowest BCUT2D eigenvalue weighted by molar-refractivity contribution is -0.165. The minimum Gasteiger partial charge on any atom is -0.465 e. The zero-order chi connectivity index (χ0) is 21.7. The first-order valence-corrected chi connectivity index (χ1v) is 10.4. The zero-order valence-electron chi connectivity index (χ0n) is 16.7. The van der Waals surface area contributed by atoms with Crippen LogP contribution in [0.5, 0.6) is 0 Å². The fraction of sp³-hybridized carbons (Fsp3) is 0.556. The fourth-order valence-electron chi connectivity index (χ4n) is 3.13. The Kier molecular flexibility index (Phi) is 7.21. The number of hydrogen-bond acceptors (Lipinski definition) is 11. The molecule has 162 valence electrons. The topological polar surface area (TPSA) is 132 Å². The SMILES string of the molecule is CC(=O)OCCSC[C@H]1O[C@@H](n2cnc3cncnc32)[C@H](OC(C)=O)[C@@H]1OC(C)=O. The van der Waals surface area contributed by atoms with E-state index in [9.17, 15) is 14.4 Å². The highest BCUT2D eigenvalue weighted by molar-refractivity contribution is 7.99. The van der Waals surface area contributed by atoms with Gasteiger partial charge in [-0.2, -0.15) is 11.8 Å². The van der Waals surface area contributed by atoms with Gasteiger partial charge in [-0.3, -0.25) is 19.0 Å². The van der Waals surface area contributed by atoms with Crippen LogP contribution in [-0.2, 0) is 33.3 Å². The van der Waals surface area contributed by atoms with Gasteiger partial charge in [0.05, 0.1) is 12.5 Å². The van der Waals surface area contributed by atoms with Crippen molar-refractivity contribution in [2.75, 3.05) is 18.1 Å². The number of ether oxygens (including phenoxy) is 4. The molecule has 0 spiro atoms. The number of thioether (sulfide) groups is 1. The van der Waals surface area contributed by atoms with E-state index in [-0.39, 0.29) is 12.6 Å². The first-order valence-electron chi connectivity index (χ1n) is 9.20. The number of fused-ring (bicyclic) bond motifs is 1. The van der Waals surface area contributed by atoms with Gasteiger partial charge in [0.1, 0.15) is 24.6 Å². The monoisotopic (exact) mass is 438 g/mol. The van der Waals surface area contributed by atoms with Gasteiger partial charge in [-0.1, -0.05) is 0 Å². The number of esters is 3. The van der Waals surface area contributed by atoms with Crippen molar-refractivity contribution in [3.63, 3.8) is 0 Å². The van der Waals surface area contributed by atoms with Gasteiger partial charge in [0, 0.05) is 32.3 Å². The minimum absolute atomic E-state index is 0.255. The molecule has 11 nitrogen and oxygen atoms in total. The van der Waals surface area contributed by atoms with Crippen LogP contribution in [-0.4, -0.2) is 73.9 Å². The summed E-state index contributed by atoms with van der Waals surface area (Å²) in [6, 6.07) is 0. The maximum Gasteiger partial charge on any atom is 0.303 e. The highest BCUT2D eigenvalue weighted by Gasteiger charge is 2.50. The highest BCUT2D eigenvalue weighted by atomic mass is 32.2. The Morgan fingerprint density at radius 3 is 2.53 bits per heavy atom. The zero-order valence-corrected chi connectivity index (χ0v) is 17.5. The third kappa shape index (κ3) is 5.25. The van der Waals surface area contributed by atoms with Gasteiger partial charge in [-0.25, -0.2) is 15.0 Å². The van der Waals surface area contributed by atoms with Crippen LogP contribution in [0, 0.1) is 0 Å². The quantitative estimate of drug-likeness (QED) is 0.330. The van der Waals surface area contributed by atoms with Crippen LogP contribution in [0.4, 0.5) is 0 Å². The van der Waals surface area contributed by atoms with E-state index in [0.717, 1.165) is 0 Å². The molecule has 0 N–H and O–H groups in total. The van der Waals surface area contributed by atoms with Crippen molar-refractivity contribution < 1.29 is 33.3 Å². The van der Waals surface area contributed by atoms with E-state index in [4.69, 9.17) is 18.9 Å². The summed E-state index contributed by atoms with van der Waals surface area (Å²) in [5, 5.41) is 0. The molecule has 0 unspecified atom stereocenters. The van der Waals surface area contributed by atoms with Crippen molar-refractivity contribution in [1.29, 1.82) is 0 Å². The van der Waals surface area contributed by atoms with Crippen molar-refractivity contribution in [3.8, 4) is 0 Å². The molecule has 3 heterocycles. The summed E-state index contributed by atoms with van der Waals surface area (Å²) >= 11 is 1.46. The summed E-state index contributed by atoms with van der Waals surface area (Å²) < 4.78 is 23.6. The van der Waals surface area contributed by atoms with E-state index in [2.05, 4.69) is 15.0 Å². The van der Waals surface area contributed by atoms with Gasteiger partial charge < -0.3 is 18.9 Å². The van der Waals surface area contributed by atoms with Crippen molar-refractivity contribution in [2.24, 2.45) is 0 Å². The Labute approximate surface area is 176 Å². The molecule has 0 aromatic carbocycles. The summed E-state index contributed by atoms with van der Waals surface area (Å²) in [5.74, 6) is -0.442. The molecule has 4 atom stereocenters. The molecular formula is C18H22N4O7S. The summed E-state index contributed by atoms with van der Waals surface area (Å²) in [4.78, 5) is 46.8. The second-order valence-electron chi connectivity index (χ2n) is 6.51. The van der Waals surface area contributed by atoms with Gasteiger partial charge in [0.15, 0.2) is 24.1 Å². The van der Waals surface area contributed by atoms with Crippen molar-refractivity contribution >= 4 is 40.8 Å². The van der Waals surface area contributed by atoms with E-state index in [0.29, 0.717) is 22.7 Å². The molecule has 1 fully saturated rings. The second kappa shape index (κ2) is 9.85. The van der Waals surface area contributed by atoms with Crippen molar-refractivity contribution in [1.82, 2.24) is 19.5 Å². The standard InChI is InChI=1S/C18H22N4O7S/c1-10(23)26-4-5-30-7-14-15(27-11(2)24)16(28-12(3)25)18(29-14)22-9-21-13-6-19-8-20-17(13)22/h6,8-9,14-16,18H,4-5,7H2,1-3H3/t14-,15-,16-,18-/m1/s1. The second-order valence-corrected chi connectivity index (χ2v) is 7.66. The lowest BCUT2D eigenvalue weighted by Gasteiger charge is -2.23. The molecule has 0 bridgehead atoms. The van der Waals surface area contributed by atoms with Gasteiger partial charge in [-0.15, -0.1) is 0 Å². The van der Waals surface area contributed by atoms with Crippen LogP contribution >= 0.6 is 11.8 Å². The fourth-order valence-corrected chi connectivity index (χ4v) is 4.00. The highest BCUT2D eigenvalue weighted by Crippen LogP contribution is 2.36. The average molecular weight is 438 g/mol. The van der Waals surface area contributed by atoms with E-state index >= 15 is 0 Å². The first-order chi connectivity index (χ1) is 14.4. The number of carbonyl (C=O) groups is 3. The van der Waals surface area contributed by atoms with Crippen LogP contribution in [0.2, 0.25) is 0 Å². The lowest BCUT2D eigenvalue weighted by Crippen LogP contribution is -2.39. The number of rotatable bonds is 8. The molecule has 12 heteroatoms. The van der Waals surface area contributed by atoms with Crippen LogP contribution in [0.1, 0.15) is 27.0 Å². The molecule has 3 rings (SSSR count). The molecule has 2 aromatic heterocycles. The molecule has 0 amide bonds. The summed E-state index contributed by atoms with van der Waals surface area (Å²) in [7, 11) is 0. The maximum atomic E-state index is 11.8. The van der Waals surface area contributed by atoms with Gasteiger partial charge >= 0.3 is 17.9 Å². The van der Waals surface area contributed by atoms with Crippen LogP contribution < -0.4 is 0 Å². The molecule has 1 saturated heterocycles. The number of imidazole rings is 1. The van der Waals surface area contributed by atoms with Crippen LogP contribution in [0.3, 0.4) is 0 Å². The third-order valence-electron chi connectivity index (χ3n) is 4.22. The summed E-state index contributed by atoms with van der Waals surface area (Å²) in [6.07, 6.45) is 1.38. The third-order valence-corrected chi connectivity index (χ3v) is 5.24. The van der Waals surface area contributed by atoms with Gasteiger partial charge in [-0.05, 0) is 0 Å². The molecular weight excluding hydrogens is 416 g/mol. The molecule has 30 heavy (non-hydrogen) atoms. The predicted octanol–water partition coefficient (Wildman–Crippen LogP) is 0.883. The molecule has 1 aliphatic rings. The van der Waals surface area contributed by atoms with E-state index in [1.54, 1.807) is 10.8 Å². The van der Waals surface area contributed by atoms with Gasteiger partial charge in [0.2, 0.25) is 0 Å². The maximum absolute atomic E-state index is 11.8. The number of hydrogen-bond donors (Lipinski definition) is 0. The largest absolute Gasteiger partial charge is 0.465 e. The van der Waals surface area contributed by atoms with E-state index in [1.807, 2.05) is 0 Å². The number of aromatic nitrogens is 4. The summed E-state index contributed by atoms with van der Waals surface area (Å²) in [6.45, 7) is 4.15. The first kappa shape index (κ1) is 22.0. The Morgan fingerprint density at radius 1 is 1.10 bits per heavy atom. The summed E-state index contributed by atoms with van der Waals surface area (Å²) in [5.41, 5.74) is 1.04. The van der Waals surface area contributed by atoms with Crippen LogP contribution in [0.15, 0.2) is 18.9 Å². The Morgan fingerprint density at radius 2 is 1.83 bits per heavy atom. The molecule has 0 aliphatic carbocycles. The lowest BCUT2D eigenvalue weighted by atomic mass is 10.1. The smallest absolute Gasteiger partial charge is 0.303 e. The predicted molar refractivity (Wildman–Crippen MR) is 104 cm³/mol. The van der Waals surface area contributed by atoms with Crippen LogP contribution in [0.25, 0.3) is 11.2 Å². The molecule has 0 saturated carbocycles. The van der Waals surface area contributed by atoms with E-state index < -0.39 is 36.5 Å². The Bertz CT molecular complexity index is 921.